The average Bonchev–Trinajstić information content (AvgIpc) is 2.79. The Kier molecular flexibility index (Phi) is 5.95. The Bertz CT molecular complexity index is 827. The monoisotopic (exact) mass is 376 g/mol. The molecule has 0 aromatic heterocycles. The second-order valence-corrected chi connectivity index (χ2v) is 7.80. The quantitative estimate of drug-likeness (QED) is 0.783. The van der Waals surface area contributed by atoms with Gasteiger partial charge in [-0.1, -0.05) is 18.2 Å². The molecular formula is C24H28N2O2. The van der Waals surface area contributed by atoms with Crippen LogP contribution in [-0.4, -0.2) is 44.4 Å². The summed E-state index contributed by atoms with van der Waals surface area (Å²) in [7, 11) is 1.76. The van der Waals surface area contributed by atoms with E-state index in [2.05, 4.69) is 29.2 Å². The van der Waals surface area contributed by atoms with E-state index in [0.29, 0.717) is 17.5 Å². The van der Waals surface area contributed by atoms with E-state index < -0.39 is 0 Å². The van der Waals surface area contributed by atoms with Crippen LogP contribution >= 0.6 is 0 Å². The van der Waals surface area contributed by atoms with Crippen molar-refractivity contribution in [2.75, 3.05) is 33.4 Å². The molecule has 0 spiro atoms. The zero-order valence-corrected chi connectivity index (χ0v) is 16.6. The molecule has 0 aliphatic carbocycles. The minimum Gasteiger partial charge on any atom is -0.496 e. The lowest BCUT2D eigenvalue weighted by molar-refractivity contribution is 0.0251. The van der Waals surface area contributed by atoms with Crippen LogP contribution in [0.25, 0.3) is 11.1 Å². The van der Waals surface area contributed by atoms with Gasteiger partial charge in [-0.15, -0.1) is 0 Å². The zero-order valence-electron chi connectivity index (χ0n) is 16.6. The van der Waals surface area contributed by atoms with Gasteiger partial charge in [0.05, 0.1) is 18.7 Å². The highest BCUT2D eigenvalue weighted by Crippen LogP contribution is 2.38. The molecule has 0 saturated carbocycles. The van der Waals surface area contributed by atoms with Gasteiger partial charge in [-0.05, 0) is 85.6 Å². The van der Waals surface area contributed by atoms with Crippen molar-refractivity contribution >= 4 is 0 Å². The van der Waals surface area contributed by atoms with E-state index in [-0.39, 0.29) is 0 Å². The van der Waals surface area contributed by atoms with Crippen LogP contribution in [0.3, 0.4) is 0 Å². The van der Waals surface area contributed by atoms with E-state index in [1.54, 1.807) is 7.11 Å². The maximum Gasteiger partial charge on any atom is 0.122 e. The Morgan fingerprint density at radius 2 is 1.64 bits per heavy atom. The second-order valence-electron chi connectivity index (χ2n) is 7.80. The van der Waals surface area contributed by atoms with Crippen LogP contribution in [0.15, 0.2) is 42.5 Å². The lowest BCUT2D eigenvalue weighted by Gasteiger charge is -2.39. The Balaban J connectivity index is 1.51. The number of hydrogen-bond acceptors (Lipinski definition) is 4. The first-order valence-electron chi connectivity index (χ1n) is 10.3. The van der Waals surface area contributed by atoms with E-state index in [4.69, 9.17) is 14.7 Å². The van der Waals surface area contributed by atoms with Gasteiger partial charge in [0.25, 0.3) is 0 Å². The van der Waals surface area contributed by atoms with Crippen molar-refractivity contribution in [1.29, 1.82) is 5.26 Å². The van der Waals surface area contributed by atoms with Gasteiger partial charge in [0.1, 0.15) is 5.75 Å². The van der Waals surface area contributed by atoms with Gasteiger partial charge in [0, 0.05) is 19.3 Å². The van der Waals surface area contributed by atoms with Crippen molar-refractivity contribution < 1.29 is 9.47 Å². The standard InChI is InChI=1S/C24H28N2O2/c1-27-24-7-6-21(19-4-2-18(17-25)3-5-19)16-23(24)20-8-12-26(13-9-20)22-10-14-28-15-11-22/h2-7,16,20,22H,8-15H2,1H3. The maximum absolute atomic E-state index is 9.02. The minimum absolute atomic E-state index is 0.532. The van der Waals surface area contributed by atoms with Crippen molar-refractivity contribution in [3.63, 3.8) is 0 Å². The van der Waals surface area contributed by atoms with E-state index in [1.165, 1.54) is 36.8 Å². The molecule has 2 aliphatic rings. The molecule has 2 aliphatic heterocycles. The summed E-state index contributed by atoms with van der Waals surface area (Å²) in [6, 6.07) is 17.2. The van der Waals surface area contributed by atoms with Gasteiger partial charge in [-0.3, -0.25) is 0 Å². The first-order chi connectivity index (χ1) is 13.8. The smallest absolute Gasteiger partial charge is 0.122 e. The van der Waals surface area contributed by atoms with Crippen LogP contribution in [-0.2, 0) is 4.74 Å². The molecule has 2 aromatic rings. The van der Waals surface area contributed by atoms with Crippen molar-refractivity contribution in [2.45, 2.75) is 37.6 Å². The van der Waals surface area contributed by atoms with Crippen molar-refractivity contribution in [3.8, 4) is 22.9 Å². The number of methoxy groups -OCH3 is 1. The van der Waals surface area contributed by atoms with Gasteiger partial charge in [0.15, 0.2) is 0 Å². The molecule has 0 unspecified atom stereocenters. The first-order valence-corrected chi connectivity index (χ1v) is 10.3. The van der Waals surface area contributed by atoms with Crippen LogP contribution in [0.5, 0.6) is 5.75 Å². The number of benzene rings is 2. The van der Waals surface area contributed by atoms with Gasteiger partial charge in [-0.25, -0.2) is 0 Å². The van der Waals surface area contributed by atoms with Crippen molar-refractivity contribution in [1.82, 2.24) is 4.90 Å². The minimum atomic E-state index is 0.532. The summed E-state index contributed by atoms with van der Waals surface area (Å²) in [5.41, 5.74) is 4.34. The molecular weight excluding hydrogens is 348 g/mol. The molecule has 0 amide bonds. The first kappa shape index (κ1) is 19.0. The summed E-state index contributed by atoms with van der Waals surface area (Å²) >= 11 is 0. The third kappa shape index (κ3) is 4.06. The lowest BCUT2D eigenvalue weighted by Crippen LogP contribution is -2.43. The van der Waals surface area contributed by atoms with Crippen LogP contribution in [0.2, 0.25) is 0 Å². The number of hydrogen-bond donors (Lipinski definition) is 0. The molecule has 146 valence electrons. The molecule has 0 radical (unpaired) electrons. The van der Waals surface area contributed by atoms with E-state index >= 15 is 0 Å². The summed E-state index contributed by atoms with van der Waals surface area (Å²) in [4.78, 5) is 2.66. The third-order valence-corrected chi connectivity index (χ3v) is 6.25. The van der Waals surface area contributed by atoms with E-state index in [0.717, 1.165) is 37.6 Å². The van der Waals surface area contributed by atoms with Crippen LogP contribution < -0.4 is 4.74 Å². The Labute approximate surface area is 167 Å². The number of piperidine rings is 1. The average molecular weight is 377 g/mol. The Hall–Kier alpha value is -2.35. The van der Waals surface area contributed by atoms with Gasteiger partial charge < -0.3 is 14.4 Å². The summed E-state index contributed by atoms with van der Waals surface area (Å²) in [6.45, 7) is 4.12. The second kappa shape index (κ2) is 8.77. The van der Waals surface area contributed by atoms with Gasteiger partial charge >= 0.3 is 0 Å². The predicted octanol–water partition coefficient (Wildman–Crippen LogP) is 4.59. The summed E-state index contributed by atoms with van der Waals surface area (Å²) < 4.78 is 11.2. The number of nitriles is 1. The lowest BCUT2D eigenvalue weighted by atomic mass is 9.86. The molecule has 0 atom stereocenters. The van der Waals surface area contributed by atoms with Gasteiger partial charge in [0.2, 0.25) is 0 Å². The summed E-state index contributed by atoms with van der Waals surface area (Å²) in [5, 5.41) is 9.02. The Morgan fingerprint density at radius 3 is 2.29 bits per heavy atom. The largest absolute Gasteiger partial charge is 0.496 e. The van der Waals surface area contributed by atoms with Crippen LogP contribution in [0.1, 0.15) is 42.7 Å². The van der Waals surface area contributed by atoms with Gasteiger partial charge in [-0.2, -0.15) is 5.26 Å². The third-order valence-electron chi connectivity index (χ3n) is 6.25. The highest BCUT2D eigenvalue weighted by atomic mass is 16.5. The highest BCUT2D eigenvalue weighted by molar-refractivity contribution is 5.66. The van der Waals surface area contributed by atoms with Crippen molar-refractivity contribution in [3.05, 3.63) is 53.6 Å². The maximum atomic E-state index is 9.02. The van der Waals surface area contributed by atoms with E-state index in [1.807, 2.05) is 24.3 Å². The normalized spacial score (nSPS) is 19.3. The molecule has 4 nitrogen and oxygen atoms in total. The SMILES string of the molecule is COc1ccc(-c2ccc(C#N)cc2)cc1C1CCN(C2CCOCC2)CC1. The van der Waals surface area contributed by atoms with Crippen LogP contribution in [0.4, 0.5) is 0 Å². The predicted molar refractivity (Wildman–Crippen MR) is 111 cm³/mol. The topological polar surface area (TPSA) is 45.5 Å². The number of ether oxygens (including phenoxy) is 2. The molecule has 2 heterocycles. The fraction of sp³-hybridized carbons (Fsp3) is 0.458. The number of nitrogens with zero attached hydrogens (tertiary/aromatic N) is 2. The molecule has 2 aromatic carbocycles. The fourth-order valence-corrected chi connectivity index (χ4v) is 4.60. The molecule has 4 heteroatoms. The number of likely N-dealkylation sites (tertiary alicyclic amines) is 1. The molecule has 0 N–H and O–H groups in total. The number of rotatable bonds is 4. The Morgan fingerprint density at radius 1 is 0.964 bits per heavy atom. The zero-order chi connectivity index (χ0) is 19.3. The summed E-state index contributed by atoms with van der Waals surface area (Å²) in [5.74, 6) is 1.52. The molecule has 2 saturated heterocycles. The van der Waals surface area contributed by atoms with Crippen LogP contribution in [0, 0.1) is 11.3 Å². The molecule has 0 bridgehead atoms. The highest BCUT2D eigenvalue weighted by Gasteiger charge is 2.28. The molecule has 28 heavy (non-hydrogen) atoms. The summed E-state index contributed by atoms with van der Waals surface area (Å²) in [6.07, 6.45) is 4.68. The van der Waals surface area contributed by atoms with Crippen molar-refractivity contribution in [2.24, 2.45) is 0 Å². The molecule has 2 fully saturated rings. The molecule has 4 rings (SSSR count). The fourth-order valence-electron chi connectivity index (χ4n) is 4.60. The van der Waals surface area contributed by atoms with E-state index in [9.17, 15) is 0 Å².